The highest BCUT2D eigenvalue weighted by molar-refractivity contribution is 9.10. The van der Waals surface area contributed by atoms with Crippen LogP contribution in [0.5, 0.6) is 0 Å². The number of rotatable bonds is 7. The molecular weight excluding hydrogens is 364 g/mol. The monoisotopic (exact) mass is 390 g/mol. The maximum absolute atomic E-state index is 12.1. The fourth-order valence-electron chi connectivity index (χ4n) is 2.11. The Morgan fingerprint density at radius 2 is 1.95 bits per heavy atom. The summed E-state index contributed by atoms with van der Waals surface area (Å²) in [4.78, 5) is 13.3. The van der Waals surface area contributed by atoms with E-state index >= 15 is 0 Å². The molecule has 2 N–H and O–H groups in total. The van der Waals surface area contributed by atoms with Gasteiger partial charge in [0, 0.05) is 22.4 Å². The van der Waals surface area contributed by atoms with E-state index in [9.17, 15) is 4.79 Å². The van der Waals surface area contributed by atoms with Crippen molar-refractivity contribution in [2.75, 3.05) is 6.54 Å². The average Bonchev–Trinajstić information content (AvgIpc) is 2.81. The smallest absolute Gasteiger partial charge is 0.408 e. The third kappa shape index (κ3) is 6.26. The maximum atomic E-state index is 12.1. The molecule has 1 aromatic rings. The van der Waals surface area contributed by atoms with Crippen LogP contribution in [-0.4, -0.2) is 23.8 Å². The second kappa shape index (κ2) is 8.31. The van der Waals surface area contributed by atoms with Crippen molar-refractivity contribution >= 4 is 33.4 Å². The van der Waals surface area contributed by atoms with E-state index in [1.165, 1.54) is 4.88 Å². The summed E-state index contributed by atoms with van der Waals surface area (Å²) in [7, 11) is 0. The van der Waals surface area contributed by atoms with Crippen LogP contribution in [0.4, 0.5) is 4.79 Å². The molecule has 0 aliphatic heterocycles. The van der Waals surface area contributed by atoms with Gasteiger partial charge in [0.15, 0.2) is 0 Å². The van der Waals surface area contributed by atoms with Crippen LogP contribution in [0.2, 0.25) is 0 Å². The van der Waals surface area contributed by atoms with Crippen molar-refractivity contribution in [1.82, 2.24) is 10.6 Å². The Morgan fingerprint density at radius 3 is 2.41 bits per heavy atom. The summed E-state index contributed by atoms with van der Waals surface area (Å²) in [6.07, 6.45) is 1.35. The molecule has 1 aromatic heterocycles. The summed E-state index contributed by atoms with van der Waals surface area (Å²) in [6, 6.07) is 2.05. The van der Waals surface area contributed by atoms with Crippen LogP contribution in [0.3, 0.4) is 0 Å². The van der Waals surface area contributed by atoms with Gasteiger partial charge in [-0.3, -0.25) is 0 Å². The van der Waals surface area contributed by atoms with Crippen molar-refractivity contribution < 1.29 is 9.53 Å². The van der Waals surface area contributed by atoms with Gasteiger partial charge in [-0.25, -0.2) is 4.79 Å². The van der Waals surface area contributed by atoms with Crippen LogP contribution in [0.1, 0.15) is 52.3 Å². The zero-order chi connectivity index (χ0) is 16.8. The Bertz CT molecular complexity index is 479. The van der Waals surface area contributed by atoms with Crippen molar-refractivity contribution in [3.63, 3.8) is 0 Å². The molecule has 0 spiro atoms. The number of alkyl carbamates (subject to hydrolysis) is 1. The van der Waals surface area contributed by atoms with Crippen LogP contribution in [0.25, 0.3) is 0 Å². The average molecular weight is 391 g/mol. The lowest BCUT2D eigenvalue weighted by Gasteiger charge is -2.34. The molecule has 0 atom stereocenters. The number of ether oxygens (including phenoxy) is 1. The lowest BCUT2D eigenvalue weighted by Crippen LogP contribution is -2.55. The van der Waals surface area contributed by atoms with E-state index in [1.54, 1.807) is 11.3 Å². The topological polar surface area (TPSA) is 50.4 Å². The van der Waals surface area contributed by atoms with Gasteiger partial charge >= 0.3 is 6.09 Å². The van der Waals surface area contributed by atoms with Crippen molar-refractivity contribution in [3.05, 3.63) is 20.8 Å². The first-order chi connectivity index (χ1) is 10.2. The minimum atomic E-state index is -0.480. The van der Waals surface area contributed by atoms with Crippen molar-refractivity contribution in [2.24, 2.45) is 0 Å². The quantitative estimate of drug-likeness (QED) is 0.709. The molecule has 0 fully saturated rings. The lowest BCUT2D eigenvalue weighted by atomic mass is 9.93. The summed E-state index contributed by atoms with van der Waals surface area (Å²) in [5.41, 5.74) is -0.765. The van der Waals surface area contributed by atoms with Crippen LogP contribution in [-0.2, 0) is 11.3 Å². The van der Waals surface area contributed by atoms with E-state index < -0.39 is 5.60 Å². The zero-order valence-corrected chi connectivity index (χ0v) is 16.5. The molecule has 0 aliphatic rings. The Morgan fingerprint density at radius 1 is 1.32 bits per heavy atom. The Balaban J connectivity index is 2.58. The maximum Gasteiger partial charge on any atom is 0.408 e. The Labute approximate surface area is 146 Å². The number of nitrogens with one attached hydrogen (secondary N) is 2. The molecule has 0 bridgehead atoms. The molecule has 1 rings (SSSR count). The first-order valence-electron chi connectivity index (χ1n) is 7.65. The number of halogens is 1. The SMILES string of the molecule is CCC(CC)(CNCc1sccc1Br)NC(=O)OC(C)(C)C. The van der Waals surface area contributed by atoms with Crippen LogP contribution in [0.15, 0.2) is 15.9 Å². The predicted octanol–water partition coefficient (Wildman–Crippen LogP) is 4.68. The number of carbonyl (C=O) groups excluding carboxylic acids is 1. The molecule has 6 heteroatoms. The van der Waals surface area contributed by atoms with Gasteiger partial charge in [-0.1, -0.05) is 13.8 Å². The van der Waals surface area contributed by atoms with Gasteiger partial charge in [0.2, 0.25) is 0 Å². The zero-order valence-electron chi connectivity index (χ0n) is 14.1. The molecular formula is C16H27BrN2O2S. The van der Waals surface area contributed by atoms with Gasteiger partial charge in [0.25, 0.3) is 0 Å². The fourth-order valence-corrected chi connectivity index (χ4v) is 3.57. The second-order valence-electron chi connectivity index (χ2n) is 6.41. The summed E-state index contributed by atoms with van der Waals surface area (Å²) >= 11 is 5.25. The van der Waals surface area contributed by atoms with E-state index in [1.807, 2.05) is 26.8 Å². The second-order valence-corrected chi connectivity index (χ2v) is 8.26. The molecule has 126 valence electrons. The molecule has 1 amide bonds. The first kappa shape index (κ1) is 19.5. The molecule has 0 radical (unpaired) electrons. The third-order valence-electron chi connectivity index (χ3n) is 3.56. The molecule has 0 aromatic carbocycles. The summed E-state index contributed by atoms with van der Waals surface area (Å²) in [5, 5.41) is 8.56. The summed E-state index contributed by atoms with van der Waals surface area (Å²) < 4.78 is 6.51. The molecule has 0 unspecified atom stereocenters. The highest BCUT2D eigenvalue weighted by Gasteiger charge is 2.30. The number of hydrogen-bond acceptors (Lipinski definition) is 4. The summed E-state index contributed by atoms with van der Waals surface area (Å²) in [6.45, 7) is 11.3. The van der Waals surface area contributed by atoms with Crippen molar-refractivity contribution in [2.45, 2.75) is 65.1 Å². The van der Waals surface area contributed by atoms with Gasteiger partial charge < -0.3 is 15.4 Å². The number of hydrogen-bond donors (Lipinski definition) is 2. The van der Waals surface area contributed by atoms with E-state index in [0.717, 1.165) is 23.9 Å². The lowest BCUT2D eigenvalue weighted by molar-refractivity contribution is 0.0446. The molecule has 0 aliphatic carbocycles. The summed E-state index contributed by atoms with van der Waals surface area (Å²) in [5.74, 6) is 0. The number of carbonyl (C=O) groups is 1. The standard InChI is InChI=1S/C16H27BrN2O2S/c1-6-16(7-2,19-14(20)21-15(3,4)5)11-18-10-13-12(17)8-9-22-13/h8-9,18H,6-7,10-11H2,1-5H3,(H,19,20). The molecule has 4 nitrogen and oxygen atoms in total. The number of thiophene rings is 1. The Hall–Kier alpha value is -0.590. The van der Waals surface area contributed by atoms with E-state index in [2.05, 4.69) is 45.8 Å². The molecule has 0 saturated carbocycles. The molecule has 1 heterocycles. The minimum absolute atomic E-state index is 0.286. The van der Waals surface area contributed by atoms with Crippen LogP contribution < -0.4 is 10.6 Å². The number of amides is 1. The van der Waals surface area contributed by atoms with Gasteiger partial charge in [0.05, 0.1) is 5.54 Å². The Kier molecular flexibility index (Phi) is 7.35. The normalized spacial score (nSPS) is 12.3. The van der Waals surface area contributed by atoms with Gasteiger partial charge in [-0.2, -0.15) is 0 Å². The first-order valence-corrected chi connectivity index (χ1v) is 9.32. The van der Waals surface area contributed by atoms with Crippen molar-refractivity contribution in [3.8, 4) is 0 Å². The fraction of sp³-hybridized carbons (Fsp3) is 0.688. The highest BCUT2D eigenvalue weighted by Crippen LogP contribution is 2.23. The third-order valence-corrected chi connectivity index (χ3v) is 5.49. The van der Waals surface area contributed by atoms with Crippen LogP contribution >= 0.6 is 27.3 Å². The molecule has 22 heavy (non-hydrogen) atoms. The predicted molar refractivity (Wildman–Crippen MR) is 96.4 cm³/mol. The molecule has 0 saturated heterocycles. The van der Waals surface area contributed by atoms with E-state index in [-0.39, 0.29) is 11.6 Å². The van der Waals surface area contributed by atoms with Gasteiger partial charge in [0.1, 0.15) is 5.60 Å². The van der Waals surface area contributed by atoms with Gasteiger partial charge in [-0.05, 0) is 61.0 Å². The highest BCUT2D eigenvalue weighted by atomic mass is 79.9. The minimum Gasteiger partial charge on any atom is -0.444 e. The van der Waals surface area contributed by atoms with Gasteiger partial charge in [-0.15, -0.1) is 11.3 Å². The van der Waals surface area contributed by atoms with E-state index in [4.69, 9.17) is 4.74 Å². The van der Waals surface area contributed by atoms with Crippen molar-refractivity contribution in [1.29, 1.82) is 0 Å². The largest absolute Gasteiger partial charge is 0.444 e. The van der Waals surface area contributed by atoms with Crippen LogP contribution in [0, 0.1) is 0 Å². The van der Waals surface area contributed by atoms with E-state index in [0.29, 0.717) is 6.54 Å².